The van der Waals surface area contributed by atoms with Crippen molar-refractivity contribution in [1.29, 1.82) is 0 Å². The Kier molecular flexibility index (Phi) is 5.61. The van der Waals surface area contributed by atoms with Crippen molar-refractivity contribution < 1.29 is 24.4 Å². The maximum Gasteiger partial charge on any atom is 0.161 e. The van der Waals surface area contributed by atoms with Gasteiger partial charge in [0.25, 0.3) is 0 Å². The molecule has 4 rings (SSSR count). The SMILES string of the molecule is COc1cc([C@H]2COc3c(ccc4c3C=CC(C)(CCC=C(C)C)O4)C2)c(O)cc1O. The van der Waals surface area contributed by atoms with Gasteiger partial charge < -0.3 is 24.4 Å². The van der Waals surface area contributed by atoms with Gasteiger partial charge in [0.2, 0.25) is 0 Å². The van der Waals surface area contributed by atoms with E-state index in [9.17, 15) is 10.2 Å². The van der Waals surface area contributed by atoms with Gasteiger partial charge in [-0.2, -0.15) is 0 Å². The maximum atomic E-state index is 10.4. The van der Waals surface area contributed by atoms with Crippen molar-refractivity contribution in [2.75, 3.05) is 13.7 Å². The molecule has 0 bridgehead atoms. The molecule has 1 unspecified atom stereocenters. The van der Waals surface area contributed by atoms with Gasteiger partial charge in [0.1, 0.15) is 22.8 Å². The van der Waals surface area contributed by atoms with Crippen LogP contribution in [0.5, 0.6) is 28.7 Å². The molecule has 2 aliphatic heterocycles. The smallest absolute Gasteiger partial charge is 0.161 e. The summed E-state index contributed by atoms with van der Waals surface area (Å²) in [6.07, 6.45) is 9.08. The summed E-state index contributed by atoms with van der Waals surface area (Å²) in [4.78, 5) is 0. The Morgan fingerprint density at radius 2 is 2.03 bits per heavy atom. The lowest BCUT2D eigenvalue weighted by atomic mass is 9.87. The van der Waals surface area contributed by atoms with Crippen molar-refractivity contribution in [3.8, 4) is 28.7 Å². The highest BCUT2D eigenvalue weighted by atomic mass is 16.5. The molecule has 0 aromatic heterocycles. The number of hydrogen-bond donors (Lipinski definition) is 2. The lowest BCUT2D eigenvalue weighted by Crippen LogP contribution is -2.32. The molecule has 2 N–H and O–H groups in total. The topological polar surface area (TPSA) is 68.2 Å². The zero-order valence-electron chi connectivity index (χ0n) is 18.6. The first kappa shape index (κ1) is 21.2. The minimum Gasteiger partial charge on any atom is -0.508 e. The highest BCUT2D eigenvalue weighted by Gasteiger charge is 2.32. The summed E-state index contributed by atoms with van der Waals surface area (Å²) in [5.41, 5.74) is 3.74. The van der Waals surface area contributed by atoms with E-state index in [1.54, 1.807) is 6.07 Å². The molecule has 164 valence electrons. The second kappa shape index (κ2) is 8.22. The number of rotatable bonds is 5. The predicted molar refractivity (Wildman–Crippen MR) is 121 cm³/mol. The Morgan fingerprint density at radius 3 is 2.77 bits per heavy atom. The molecule has 5 heteroatoms. The van der Waals surface area contributed by atoms with Crippen molar-refractivity contribution >= 4 is 6.08 Å². The van der Waals surface area contributed by atoms with Crippen LogP contribution in [0.15, 0.2) is 42.0 Å². The van der Waals surface area contributed by atoms with Crippen LogP contribution < -0.4 is 14.2 Å². The van der Waals surface area contributed by atoms with Crippen LogP contribution in [0.2, 0.25) is 0 Å². The monoisotopic (exact) mass is 422 g/mol. The van der Waals surface area contributed by atoms with E-state index in [1.165, 1.54) is 18.7 Å². The molecule has 5 nitrogen and oxygen atoms in total. The second-order valence-electron chi connectivity index (χ2n) is 8.83. The molecule has 0 aliphatic carbocycles. The van der Waals surface area contributed by atoms with E-state index < -0.39 is 0 Å². The molecule has 2 aromatic rings. The van der Waals surface area contributed by atoms with Crippen LogP contribution in [-0.4, -0.2) is 29.5 Å². The maximum absolute atomic E-state index is 10.4. The van der Waals surface area contributed by atoms with Crippen molar-refractivity contribution in [3.05, 3.63) is 58.7 Å². The number of phenols is 2. The number of phenolic OH excluding ortho intramolecular Hbond substituents is 2. The van der Waals surface area contributed by atoms with E-state index in [2.05, 4.69) is 39.0 Å². The fraction of sp³-hybridized carbons (Fsp3) is 0.385. The van der Waals surface area contributed by atoms with Crippen LogP contribution in [0.4, 0.5) is 0 Å². The van der Waals surface area contributed by atoms with Crippen LogP contribution in [0.1, 0.15) is 56.2 Å². The highest BCUT2D eigenvalue weighted by molar-refractivity contribution is 5.70. The molecule has 0 amide bonds. The number of benzene rings is 2. The number of allylic oxidation sites excluding steroid dienone is 2. The van der Waals surface area contributed by atoms with E-state index in [0.29, 0.717) is 17.9 Å². The van der Waals surface area contributed by atoms with Crippen LogP contribution in [0.25, 0.3) is 6.08 Å². The van der Waals surface area contributed by atoms with Crippen LogP contribution >= 0.6 is 0 Å². The zero-order chi connectivity index (χ0) is 22.2. The molecule has 0 radical (unpaired) electrons. The molecule has 0 spiro atoms. The Hall–Kier alpha value is -3.08. The van der Waals surface area contributed by atoms with Gasteiger partial charge in [0.15, 0.2) is 11.5 Å². The quantitative estimate of drug-likeness (QED) is 0.602. The van der Waals surface area contributed by atoms with Gasteiger partial charge >= 0.3 is 0 Å². The Labute approximate surface area is 183 Å². The summed E-state index contributed by atoms with van der Waals surface area (Å²) in [6, 6.07) is 7.07. The fourth-order valence-corrected chi connectivity index (χ4v) is 4.30. The van der Waals surface area contributed by atoms with Gasteiger partial charge in [-0.25, -0.2) is 0 Å². The van der Waals surface area contributed by atoms with E-state index in [1.807, 2.05) is 12.1 Å². The number of hydrogen-bond acceptors (Lipinski definition) is 5. The standard InChI is InChI=1S/C26H30O5/c1-16(2)6-5-10-26(3)11-9-19-23(31-26)8-7-17-12-18(15-30-25(17)19)20-13-24(29-4)22(28)14-21(20)27/h6-9,11,13-14,18,27-28H,5,10,12,15H2,1-4H3/t18-,26?/m1/s1. The summed E-state index contributed by atoms with van der Waals surface area (Å²) in [5.74, 6) is 1.96. The molecule has 0 fully saturated rings. The average Bonchev–Trinajstić information content (AvgIpc) is 2.73. The summed E-state index contributed by atoms with van der Waals surface area (Å²) in [6.45, 7) is 6.76. The largest absolute Gasteiger partial charge is 0.508 e. The summed E-state index contributed by atoms with van der Waals surface area (Å²) in [5, 5.41) is 20.2. The van der Waals surface area contributed by atoms with E-state index in [0.717, 1.165) is 41.9 Å². The summed E-state index contributed by atoms with van der Waals surface area (Å²) < 4.78 is 17.7. The van der Waals surface area contributed by atoms with Crippen molar-refractivity contribution in [1.82, 2.24) is 0 Å². The van der Waals surface area contributed by atoms with E-state index in [4.69, 9.17) is 14.2 Å². The summed E-state index contributed by atoms with van der Waals surface area (Å²) in [7, 11) is 1.49. The summed E-state index contributed by atoms with van der Waals surface area (Å²) >= 11 is 0. The number of fused-ring (bicyclic) bond motifs is 3. The van der Waals surface area contributed by atoms with Gasteiger partial charge in [-0.3, -0.25) is 0 Å². The number of ether oxygens (including phenoxy) is 3. The van der Waals surface area contributed by atoms with E-state index in [-0.39, 0.29) is 23.0 Å². The third kappa shape index (κ3) is 4.22. The molecule has 0 saturated heterocycles. The normalized spacial score (nSPS) is 21.4. The first-order valence-corrected chi connectivity index (χ1v) is 10.7. The minimum atomic E-state index is -0.335. The van der Waals surface area contributed by atoms with E-state index >= 15 is 0 Å². The van der Waals surface area contributed by atoms with Crippen molar-refractivity contribution in [3.63, 3.8) is 0 Å². The lowest BCUT2D eigenvalue weighted by Gasteiger charge is -2.34. The Bertz CT molecular complexity index is 1050. The zero-order valence-corrected chi connectivity index (χ0v) is 18.6. The molecular formula is C26H30O5. The van der Waals surface area contributed by atoms with Crippen molar-refractivity contribution in [2.24, 2.45) is 0 Å². The molecule has 0 saturated carbocycles. The first-order valence-electron chi connectivity index (χ1n) is 10.7. The fourth-order valence-electron chi connectivity index (χ4n) is 4.30. The number of aromatic hydroxyl groups is 2. The predicted octanol–water partition coefficient (Wildman–Crippen LogP) is 5.74. The van der Waals surface area contributed by atoms with Gasteiger partial charge in [-0.1, -0.05) is 17.7 Å². The Balaban J connectivity index is 1.57. The van der Waals surface area contributed by atoms with Crippen LogP contribution in [0, 0.1) is 0 Å². The molecule has 2 heterocycles. The molecule has 31 heavy (non-hydrogen) atoms. The van der Waals surface area contributed by atoms with Gasteiger partial charge in [0, 0.05) is 17.5 Å². The number of methoxy groups -OCH3 is 1. The minimum absolute atomic E-state index is 0.0390. The van der Waals surface area contributed by atoms with Gasteiger partial charge in [-0.15, -0.1) is 0 Å². The lowest BCUT2D eigenvalue weighted by molar-refractivity contribution is 0.127. The molecule has 2 aliphatic rings. The van der Waals surface area contributed by atoms with Crippen LogP contribution in [0.3, 0.4) is 0 Å². The van der Waals surface area contributed by atoms with Crippen LogP contribution in [-0.2, 0) is 6.42 Å². The molecular weight excluding hydrogens is 392 g/mol. The molecule has 2 atom stereocenters. The third-order valence-corrected chi connectivity index (χ3v) is 6.04. The van der Waals surface area contributed by atoms with Crippen molar-refractivity contribution in [2.45, 2.75) is 51.6 Å². The average molecular weight is 423 g/mol. The second-order valence-corrected chi connectivity index (χ2v) is 8.83. The van der Waals surface area contributed by atoms with Gasteiger partial charge in [0.05, 0.1) is 19.3 Å². The Morgan fingerprint density at radius 1 is 1.23 bits per heavy atom. The van der Waals surface area contributed by atoms with Gasteiger partial charge in [-0.05, 0) is 69.9 Å². The third-order valence-electron chi connectivity index (χ3n) is 6.04. The highest BCUT2D eigenvalue weighted by Crippen LogP contribution is 2.46. The molecule has 2 aromatic carbocycles. The first-order chi connectivity index (χ1) is 14.8.